The minimum atomic E-state index is -0.861. The molecule has 0 aliphatic rings. The summed E-state index contributed by atoms with van der Waals surface area (Å²) in [5.74, 6) is -2.99. The molecule has 0 aliphatic carbocycles. The van der Waals surface area contributed by atoms with Crippen LogP contribution in [0.1, 0.15) is 31.7 Å². The number of aryl methyl sites for hydroxylation is 1. The van der Waals surface area contributed by atoms with Crippen LogP contribution < -0.4 is 4.74 Å². The zero-order valence-electron chi connectivity index (χ0n) is 11.2. The molecule has 106 valence electrons. The number of esters is 1. The Morgan fingerprint density at radius 2 is 1.84 bits per heavy atom. The van der Waals surface area contributed by atoms with Gasteiger partial charge in [0.05, 0.1) is 0 Å². The van der Waals surface area contributed by atoms with Crippen LogP contribution in [0, 0.1) is 18.6 Å². The minimum absolute atomic E-state index is 0.111. The summed E-state index contributed by atoms with van der Waals surface area (Å²) < 4.78 is 36.7. The number of carbonyl (C=O) groups is 1. The fourth-order valence-corrected chi connectivity index (χ4v) is 1.57. The summed E-state index contributed by atoms with van der Waals surface area (Å²) >= 11 is 0. The quantitative estimate of drug-likeness (QED) is 0.433. The van der Waals surface area contributed by atoms with Crippen molar-refractivity contribution in [3.63, 3.8) is 0 Å². The lowest BCUT2D eigenvalue weighted by atomic mass is 10.2. The van der Waals surface area contributed by atoms with Gasteiger partial charge in [-0.15, -0.1) is 0 Å². The number of halogens is 2. The first kappa shape index (κ1) is 15.6. The molecular weight excluding hydrogens is 254 g/mol. The molecule has 0 saturated heterocycles. The van der Waals surface area contributed by atoms with Crippen molar-refractivity contribution in [2.45, 2.75) is 33.1 Å². The molecule has 0 amide bonds. The maximum absolute atomic E-state index is 13.4. The standard InChI is InChI=1S/C14H18F2O3/c1-3-18-7-5-4-6-13(17)19-14-11(15)8-10(2)9-12(14)16/h8-9H,3-7H2,1-2H3. The molecule has 19 heavy (non-hydrogen) atoms. The number of carbonyl (C=O) groups excluding carboxylic acids is 1. The van der Waals surface area contributed by atoms with E-state index >= 15 is 0 Å². The summed E-state index contributed by atoms with van der Waals surface area (Å²) in [4.78, 5) is 11.4. The second-order valence-electron chi connectivity index (χ2n) is 4.19. The van der Waals surface area contributed by atoms with Crippen LogP contribution in [0.5, 0.6) is 5.75 Å². The molecule has 1 aromatic rings. The second kappa shape index (κ2) is 7.84. The Morgan fingerprint density at radius 3 is 2.42 bits per heavy atom. The molecule has 1 aromatic carbocycles. The van der Waals surface area contributed by atoms with Crippen molar-refractivity contribution in [3.8, 4) is 5.75 Å². The second-order valence-corrected chi connectivity index (χ2v) is 4.19. The molecule has 0 aliphatic heterocycles. The molecule has 0 atom stereocenters. The SMILES string of the molecule is CCOCCCCC(=O)Oc1c(F)cc(C)cc1F. The van der Waals surface area contributed by atoms with Gasteiger partial charge < -0.3 is 9.47 Å². The van der Waals surface area contributed by atoms with E-state index in [0.29, 0.717) is 31.6 Å². The van der Waals surface area contributed by atoms with Crippen molar-refractivity contribution in [2.24, 2.45) is 0 Å². The van der Waals surface area contributed by atoms with Crippen molar-refractivity contribution in [1.29, 1.82) is 0 Å². The number of benzene rings is 1. The fraction of sp³-hybridized carbons (Fsp3) is 0.500. The van der Waals surface area contributed by atoms with E-state index in [4.69, 9.17) is 9.47 Å². The normalized spacial score (nSPS) is 10.5. The summed E-state index contributed by atoms with van der Waals surface area (Å²) in [6, 6.07) is 2.25. The summed E-state index contributed by atoms with van der Waals surface area (Å²) in [6.45, 7) is 4.64. The minimum Gasteiger partial charge on any atom is -0.420 e. The van der Waals surface area contributed by atoms with Crippen LogP contribution in [0.4, 0.5) is 8.78 Å². The molecule has 0 fully saturated rings. The average molecular weight is 272 g/mol. The number of ether oxygens (including phenoxy) is 2. The first-order chi connectivity index (χ1) is 9.04. The predicted octanol–water partition coefficient (Wildman–Crippen LogP) is 3.39. The molecule has 0 saturated carbocycles. The van der Waals surface area contributed by atoms with E-state index in [-0.39, 0.29) is 6.42 Å². The van der Waals surface area contributed by atoms with Crippen LogP contribution in [-0.2, 0) is 9.53 Å². The van der Waals surface area contributed by atoms with Crippen LogP contribution in [0.3, 0.4) is 0 Å². The monoisotopic (exact) mass is 272 g/mol. The number of hydrogen-bond acceptors (Lipinski definition) is 3. The molecule has 3 nitrogen and oxygen atoms in total. The van der Waals surface area contributed by atoms with Gasteiger partial charge >= 0.3 is 5.97 Å². The van der Waals surface area contributed by atoms with Gasteiger partial charge in [0.15, 0.2) is 11.6 Å². The Hall–Kier alpha value is -1.49. The molecular formula is C14H18F2O3. The molecule has 0 bridgehead atoms. The maximum atomic E-state index is 13.4. The zero-order chi connectivity index (χ0) is 14.3. The Kier molecular flexibility index (Phi) is 6.42. The van der Waals surface area contributed by atoms with E-state index in [9.17, 15) is 13.6 Å². The Morgan fingerprint density at radius 1 is 1.21 bits per heavy atom. The highest BCUT2D eigenvalue weighted by Crippen LogP contribution is 2.23. The van der Waals surface area contributed by atoms with Crippen molar-refractivity contribution in [2.75, 3.05) is 13.2 Å². The van der Waals surface area contributed by atoms with Crippen LogP contribution >= 0.6 is 0 Å². The van der Waals surface area contributed by atoms with Crippen LogP contribution in [0.15, 0.2) is 12.1 Å². The van der Waals surface area contributed by atoms with Crippen LogP contribution in [-0.4, -0.2) is 19.2 Å². The average Bonchev–Trinajstić information content (AvgIpc) is 2.33. The molecule has 0 N–H and O–H groups in total. The molecule has 1 rings (SSSR count). The molecule has 0 radical (unpaired) electrons. The highest BCUT2D eigenvalue weighted by molar-refractivity contribution is 5.72. The molecule has 0 unspecified atom stereocenters. The van der Waals surface area contributed by atoms with Crippen molar-refractivity contribution < 1.29 is 23.0 Å². The molecule has 5 heteroatoms. The number of unbranched alkanes of at least 4 members (excludes halogenated alkanes) is 1. The smallest absolute Gasteiger partial charge is 0.311 e. The Labute approximate surface area is 111 Å². The van der Waals surface area contributed by atoms with Gasteiger partial charge in [0, 0.05) is 19.6 Å². The summed E-state index contributed by atoms with van der Waals surface area (Å²) in [7, 11) is 0. The van der Waals surface area contributed by atoms with Crippen molar-refractivity contribution in [1.82, 2.24) is 0 Å². The largest absolute Gasteiger partial charge is 0.420 e. The lowest BCUT2D eigenvalue weighted by molar-refractivity contribution is -0.135. The highest BCUT2D eigenvalue weighted by atomic mass is 19.1. The summed E-state index contributed by atoms with van der Waals surface area (Å²) in [5, 5.41) is 0. The predicted molar refractivity (Wildman–Crippen MR) is 67.1 cm³/mol. The third-order valence-electron chi connectivity index (χ3n) is 2.48. The summed E-state index contributed by atoms with van der Waals surface area (Å²) in [5.41, 5.74) is 0.437. The lowest BCUT2D eigenvalue weighted by Crippen LogP contribution is -2.10. The van der Waals surface area contributed by atoms with Gasteiger partial charge in [-0.05, 0) is 44.4 Å². The van der Waals surface area contributed by atoms with Gasteiger partial charge in [-0.2, -0.15) is 0 Å². The van der Waals surface area contributed by atoms with Crippen molar-refractivity contribution in [3.05, 3.63) is 29.3 Å². The van der Waals surface area contributed by atoms with Gasteiger partial charge in [0.1, 0.15) is 0 Å². The fourth-order valence-electron chi connectivity index (χ4n) is 1.57. The van der Waals surface area contributed by atoms with E-state index < -0.39 is 23.4 Å². The van der Waals surface area contributed by atoms with E-state index in [2.05, 4.69) is 0 Å². The van der Waals surface area contributed by atoms with Crippen LogP contribution in [0.2, 0.25) is 0 Å². The van der Waals surface area contributed by atoms with Gasteiger partial charge in [-0.1, -0.05) is 0 Å². The van der Waals surface area contributed by atoms with E-state index in [1.807, 2.05) is 6.92 Å². The Bertz CT molecular complexity index is 410. The third kappa shape index (κ3) is 5.34. The van der Waals surface area contributed by atoms with Gasteiger partial charge in [0.25, 0.3) is 0 Å². The van der Waals surface area contributed by atoms with E-state index in [1.165, 1.54) is 0 Å². The number of hydrogen-bond donors (Lipinski definition) is 0. The lowest BCUT2D eigenvalue weighted by Gasteiger charge is -2.07. The molecule has 0 aromatic heterocycles. The molecule has 0 heterocycles. The van der Waals surface area contributed by atoms with E-state index in [1.54, 1.807) is 6.92 Å². The topological polar surface area (TPSA) is 35.5 Å². The summed E-state index contributed by atoms with van der Waals surface area (Å²) in [6.07, 6.45) is 1.38. The first-order valence-electron chi connectivity index (χ1n) is 6.28. The van der Waals surface area contributed by atoms with Gasteiger partial charge in [-0.3, -0.25) is 4.79 Å². The molecule has 0 spiro atoms. The van der Waals surface area contributed by atoms with Gasteiger partial charge in [0.2, 0.25) is 5.75 Å². The van der Waals surface area contributed by atoms with E-state index in [0.717, 1.165) is 12.1 Å². The number of rotatable bonds is 7. The highest BCUT2D eigenvalue weighted by Gasteiger charge is 2.15. The maximum Gasteiger partial charge on any atom is 0.311 e. The zero-order valence-corrected chi connectivity index (χ0v) is 11.2. The third-order valence-corrected chi connectivity index (χ3v) is 2.48. The van der Waals surface area contributed by atoms with Crippen molar-refractivity contribution >= 4 is 5.97 Å². The first-order valence-corrected chi connectivity index (χ1v) is 6.28. The van der Waals surface area contributed by atoms with Gasteiger partial charge in [-0.25, -0.2) is 8.78 Å². The Balaban J connectivity index is 2.44. The van der Waals surface area contributed by atoms with Crippen LogP contribution in [0.25, 0.3) is 0 Å².